The van der Waals surface area contributed by atoms with E-state index in [4.69, 9.17) is 19.7 Å². The van der Waals surface area contributed by atoms with Gasteiger partial charge in [-0.1, -0.05) is 36.4 Å². The predicted molar refractivity (Wildman–Crippen MR) is 162 cm³/mol. The van der Waals surface area contributed by atoms with Crippen molar-refractivity contribution in [3.8, 4) is 0 Å². The number of aryl methyl sites for hydroxylation is 1. The fourth-order valence-electron chi connectivity index (χ4n) is 3.46. The van der Waals surface area contributed by atoms with Crippen LogP contribution in [0.3, 0.4) is 0 Å². The lowest BCUT2D eigenvalue weighted by Gasteiger charge is -2.27. The molecule has 3 amide bonds. The van der Waals surface area contributed by atoms with Crippen LogP contribution in [0.1, 0.15) is 58.2 Å². The van der Waals surface area contributed by atoms with Crippen molar-refractivity contribution in [2.45, 2.75) is 71.8 Å². The topological polar surface area (TPSA) is 176 Å². The molecule has 0 unspecified atom stereocenters. The summed E-state index contributed by atoms with van der Waals surface area (Å²) in [6.45, 7) is 11.3. The Bertz CT molecular complexity index is 1400. The molecule has 0 aliphatic heterocycles. The Morgan fingerprint density at radius 2 is 1.56 bits per heavy atom. The van der Waals surface area contributed by atoms with E-state index < -0.39 is 39.4 Å². The van der Waals surface area contributed by atoms with Crippen LogP contribution in [0, 0.1) is 12.3 Å². The van der Waals surface area contributed by atoms with Crippen molar-refractivity contribution in [3.05, 3.63) is 65.2 Å². The molecule has 0 radical (unpaired) electrons. The van der Waals surface area contributed by atoms with Gasteiger partial charge in [0.1, 0.15) is 11.2 Å². The number of hydroxylamine groups is 2. The molecule has 0 saturated carbocycles. The summed E-state index contributed by atoms with van der Waals surface area (Å²) in [6, 6.07) is 13.7. The first-order valence-corrected chi connectivity index (χ1v) is 15.1. The summed E-state index contributed by atoms with van der Waals surface area (Å²) in [7, 11) is -3.67. The Balaban J connectivity index is 1.96. The van der Waals surface area contributed by atoms with Crippen molar-refractivity contribution in [2.75, 3.05) is 17.9 Å². The Labute approximate surface area is 252 Å². The minimum atomic E-state index is -3.67. The summed E-state index contributed by atoms with van der Waals surface area (Å²) in [6.07, 6.45) is -2.07. The summed E-state index contributed by atoms with van der Waals surface area (Å²) in [5.74, 6) is -1.32. The number of carbonyl (C=O) groups excluding carboxylic acids is 3. The van der Waals surface area contributed by atoms with Crippen molar-refractivity contribution in [3.63, 3.8) is 0 Å². The van der Waals surface area contributed by atoms with Gasteiger partial charge in [0.15, 0.2) is 0 Å². The summed E-state index contributed by atoms with van der Waals surface area (Å²) >= 11 is 0. The maximum absolute atomic E-state index is 12.7. The number of amides is 3. The number of hydrogen-bond acceptors (Lipinski definition) is 9. The average molecular weight is 620 g/mol. The van der Waals surface area contributed by atoms with Crippen LogP contribution in [0.25, 0.3) is 0 Å². The van der Waals surface area contributed by atoms with E-state index in [-0.39, 0.29) is 31.2 Å². The van der Waals surface area contributed by atoms with E-state index in [0.717, 1.165) is 5.56 Å². The molecule has 0 saturated heterocycles. The van der Waals surface area contributed by atoms with Crippen LogP contribution in [0.2, 0.25) is 0 Å². The van der Waals surface area contributed by atoms with E-state index >= 15 is 0 Å². The normalized spacial score (nSPS) is 11.7. The van der Waals surface area contributed by atoms with Gasteiger partial charge in [-0.2, -0.15) is 0 Å². The molecule has 2 aromatic rings. The third kappa shape index (κ3) is 13.6. The lowest BCUT2D eigenvalue weighted by atomic mass is 10.0. The standard InChI is InChI=1S/C29H41N5O8S/c1-20-13-14-23(33-43(38,39)19-21-11-9-8-10-12-21)17-22(20)18-24(35)31-15-16-40-34(27(37)42-29(5,6)7)25(30)32-26(36)41-28(2,3)4/h8-14,17,33H,15-16,18-19H2,1-7H3,(H,31,35)(H2,30,32,36). The summed E-state index contributed by atoms with van der Waals surface area (Å²) in [5, 5.41) is 13.3. The quantitative estimate of drug-likeness (QED) is 0.132. The molecule has 0 fully saturated rings. The van der Waals surface area contributed by atoms with Crippen molar-refractivity contribution in [2.24, 2.45) is 0 Å². The van der Waals surface area contributed by atoms with Crippen LogP contribution in [0.5, 0.6) is 0 Å². The number of guanidine groups is 1. The number of carbonyl (C=O) groups is 3. The van der Waals surface area contributed by atoms with Gasteiger partial charge in [-0.15, -0.1) is 5.06 Å². The molecule has 43 heavy (non-hydrogen) atoms. The van der Waals surface area contributed by atoms with Crippen LogP contribution in [-0.2, 0) is 41.3 Å². The molecule has 236 valence electrons. The number of benzene rings is 2. The maximum atomic E-state index is 12.7. The van der Waals surface area contributed by atoms with Gasteiger partial charge in [0, 0.05) is 12.2 Å². The fourth-order valence-corrected chi connectivity index (χ4v) is 4.65. The molecule has 0 bridgehead atoms. The van der Waals surface area contributed by atoms with Gasteiger partial charge in [-0.25, -0.2) is 18.0 Å². The van der Waals surface area contributed by atoms with E-state index in [9.17, 15) is 22.8 Å². The highest BCUT2D eigenvalue weighted by atomic mass is 32.2. The van der Waals surface area contributed by atoms with E-state index in [2.05, 4.69) is 15.4 Å². The van der Waals surface area contributed by atoms with E-state index in [0.29, 0.717) is 21.9 Å². The highest BCUT2D eigenvalue weighted by molar-refractivity contribution is 7.91. The number of nitrogens with zero attached hydrogens (tertiary/aromatic N) is 1. The number of sulfonamides is 1. The molecule has 0 heterocycles. The summed E-state index contributed by atoms with van der Waals surface area (Å²) < 4.78 is 38.1. The van der Waals surface area contributed by atoms with Crippen molar-refractivity contribution in [1.82, 2.24) is 15.7 Å². The Morgan fingerprint density at radius 3 is 2.16 bits per heavy atom. The van der Waals surface area contributed by atoms with E-state index in [1.54, 1.807) is 97.0 Å². The lowest BCUT2D eigenvalue weighted by Crippen LogP contribution is -2.50. The molecule has 0 spiro atoms. The summed E-state index contributed by atoms with van der Waals surface area (Å²) in [5.41, 5.74) is 0.617. The van der Waals surface area contributed by atoms with Gasteiger partial charge in [-0.3, -0.25) is 25.1 Å². The SMILES string of the molecule is Cc1ccc(NS(=O)(=O)Cc2ccccc2)cc1CC(=O)NCCON(C(=N)NC(=O)OC(C)(C)C)C(=O)OC(C)(C)C. The Hall–Kier alpha value is -4.17. The Kier molecular flexibility index (Phi) is 12.1. The Morgan fingerprint density at radius 1 is 0.930 bits per heavy atom. The van der Waals surface area contributed by atoms with Gasteiger partial charge in [0.25, 0.3) is 0 Å². The first-order chi connectivity index (χ1) is 19.8. The molecule has 4 N–H and O–H groups in total. The molecule has 0 aliphatic rings. The second-order valence-corrected chi connectivity index (χ2v) is 13.3. The summed E-state index contributed by atoms with van der Waals surface area (Å²) in [4.78, 5) is 42.7. The number of hydrogen-bond donors (Lipinski definition) is 4. The number of anilines is 1. The van der Waals surface area contributed by atoms with Crippen molar-refractivity contribution >= 4 is 39.8 Å². The highest BCUT2D eigenvalue weighted by Crippen LogP contribution is 2.19. The van der Waals surface area contributed by atoms with Gasteiger partial charge in [0.2, 0.25) is 21.9 Å². The molecule has 2 aromatic carbocycles. The molecule has 13 nitrogen and oxygen atoms in total. The molecule has 0 aliphatic carbocycles. The number of nitrogens with one attached hydrogen (secondary N) is 4. The predicted octanol–water partition coefficient (Wildman–Crippen LogP) is 4.22. The van der Waals surface area contributed by atoms with Crippen LogP contribution in [0.15, 0.2) is 48.5 Å². The molecule has 2 rings (SSSR count). The average Bonchev–Trinajstić information content (AvgIpc) is 2.83. The minimum Gasteiger partial charge on any atom is -0.444 e. The van der Waals surface area contributed by atoms with Crippen LogP contribution >= 0.6 is 0 Å². The molecular weight excluding hydrogens is 578 g/mol. The third-order valence-corrected chi connectivity index (χ3v) is 6.46. The first kappa shape index (κ1) is 35.0. The number of ether oxygens (including phenoxy) is 2. The van der Waals surface area contributed by atoms with Gasteiger partial charge >= 0.3 is 12.2 Å². The van der Waals surface area contributed by atoms with Gasteiger partial charge in [0.05, 0.1) is 18.8 Å². The number of alkyl carbamates (subject to hydrolysis) is 1. The zero-order chi connectivity index (χ0) is 32.4. The van der Waals surface area contributed by atoms with Gasteiger partial charge in [-0.05, 0) is 77.3 Å². The second-order valence-electron chi connectivity index (χ2n) is 11.6. The van der Waals surface area contributed by atoms with Crippen LogP contribution < -0.4 is 15.4 Å². The lowest BCUT2D eigenvalue weighted by molar-refractivity contribution is -0.122. The molecule has 0 aromatic heterocycles. The van der Waals surface area contributed by atoms with Crippen molar-refractivity contribution in [1.29, 1.82) is 5.41 Å². The first-order valence-electron chi connectivity index (χ1n) is 13.5. The fraction of sp³-hybridized carbons (Fsp3) is 0.448. The van der Waals surface area contributed by atoms with Gasteiger partial charge < -0.3 is 14.8 Å². The zero-order valence-electron chi connectivity index (χ0n) is 25.6. The minimum absolute atomic E-state index is 0.0497. The highest BCUT2D eigenvalue weighted by Gasteiger charge is 2.29. The molecule has 0 atom stereocenters. The maximum Gasteiger partial charge on any atom is 0.442 e. The van der Waals surface area contributed by atoms with Crippen LogP contribution in [0.4, 0.5) is 15.3 Å². The number of rotatable bonds is 10. The van der Waals surface area contributed by atoms with Crippen molar-refractivity contribution < 1.29 is 37.1 Å². The van der Waals surface area contributed by atoms with E-state index in [1.807, 2.05) is 0 Å². The van der Waals surface area contributed by atoms with Crippen LogP contribution in [-0.4, -0.2) is 61.9 Å². The zero-order valence-corrected chi connectivity index (χ0v) is 26.4. The van der Waals surface area contributed by atoms with E-state index in [1.165, 1.54) is 0 Å². The monoisotopic (exact) mass is 619 g/mol. The third-order valence-electron chi connectivity index (χ3n) is 5.20. The largest absolute Gasteiger partial charge is 0.444 e. The molecule has 14 heteroatoms. The molecular formula is C29H41N5O8S. The smallest absolute Gasteiger partial charge is 0.442 e. The second kappa shape index (κ2) is 14.8.